The summed E-state index contributed by atoms with van der Waals surface area (Å²) in [6.45, 7) is 5.24. The van der Waals surface area contributed by atoms with Crippen LogP contribution >= 0.6 is 0 Å². The van der Waals surface area contributed by atoms with Gasteiger partial charge < -0.3 is 10.4 Å². The van der Waals surface area contributed by atoms with Gasteiger partial charge in [-0.15, -0.1) is 0 Å². The summed E-state index contributed by atoms with van der Waals surface area (Å²) in [4.78, 5) is 15.2. The first-order valence-electron chi connectivity index (χ1n) is 9.03. The molecular formula is C19H24N4O4S. The molecule has 0 bridgehead atoms. The van der Waals surface area contributed by atoms with Gasteiger partial charge in [0.15, 0.2) is 0 Å². The summed E-state index contributed by atoms with van der Waals surface area (Å²) in [5, 5.41) is 12.3. The van der Waals surface area contributed by atoms with Crippen LogP contribution < -0.4 is 9.62 Å². The Morgan fingerprint density at radius 2 is 2.14 bits per heavy atom. The van der Waals surface area contributed by atoms with Crippen LogP contribution in [0.3, 0.4) is 0 Å². The minimum Gasteiger partial charge on any atom is -0.478 e. The second-order valence-corrected chi connectivity index (χ2v) is 8.76. The molecule has 1 saturated heterocycles. The standard InChI is InChI=1S/C19H24N4O4S/c1-14-4-3-5-18(10-14)23(13-17-7-6-16(11-21-17)19(24)25)28(26,27)22-9-8-20-15(2)12-22/h3-7,10-11,15,20H,8-9,12-13H2,1-2H3,(H,24,25)/t15-/m1/s1. The first-order valence-corrected chi connectivity index (χ1v) is 10.4. The third-order valence-electron chi connectivity index (χ3n) is 4.60. The Morgan fingerprint density at radius 3 is 2.75 bits per heavy atom. The maximum absolute atomic E-state index is 13.4. The van der Waals surface area contributed by atoms with Crippen molar-refractivity contribution < 1.29 is 18.3 Å². The smallest absolute Gasteiger partial charge is 0.337 e. The van der Waals surface area contributed by atoms with Crippen molar-refractivity contribution in [1.82, 2.24) is 14.6 Å². The van der Waals surface area contributed by atoms with Crippen molar-refractivity contribution in [2.75, 3.05) is 23.9 Å². The summed E-state index contributed by atoms with van der Waals surface area (Å²) in [5.41, 5.74) is 2.03. The van der Waals surface area contributed by atoms with Gasteiger partial charge in [0.05, 0.1) is 23.5 Å². The van der Waals surface area contributed by atoms with E-state index in [9.17, 15) is 13.2 Å². The van der Waals surface area contributed by atoms with Gasteiger partial charge in [-0.1, -0.05) is 12.1 Å². The second kappa shape index (κ2) is 8.26. The molecule has 2 heterocycles. The van der Waals surface area contributed by atoms with E-state index in [0.29, 0.717) is 31.0 Å². The number of aromatic carboxylic acids is 1. The fourth-order valence-corrected chi connectivity index (χ4v) is 4.81. The van der Waals surface area contributed by atoms with Gasteiger partial charge in [-0.3, -0.25) is 9.29 Å². The topological polar surface area (TPSA) is 103 Å². The molecule has 1 aromatic heterocycles. The molecule has 2 aromatic rings. The number of carbonyl (C=O) groups is 1. The predicted octanol–water partition coefficient (Wildman–Crippen LogP) is 1.63. The number of anilines is 1. The van der Waals surface area contributed by atoms with Gasteiger partial charge in [-0.2, -0.15) is 12.7 Å². The predicted molar refractivity (Wildman–Crippen MR) is 107 cm³/mol. The van der Waals surface area contributed by atoms with Gasteiger partial charge in [-0.25, -0.2) is 4.79 Å². The van der Waals surface area contributed by atoms with Crippen LogP contribution in [0.5, 0.6) is 0 Å². The highest BCUT2D eigenvalue weighted by atomic mass is 32.2. The number of pyridine rings is 1. The third-order valence-corrected chi connectivity index (χ3v) is 6.48. The number of nitrogens with zero attached hydrogens (tertiary/aromatic N) is 3. The Kier molecular flexibility index (Phi) is 5.97. The molecule has 1 aliphatic rings. The number of aromatic nitrogens is 1. The van der Waals surface area contributed by atoms with E-state index in [2.05, 4.69) is 10.3 Å². The lowest BCUT2D eigenvalue weighted by Gasteiger charge is -2.35. The first-order chi connectivity index (χ1) is 13.3. The van der Waals surface area contributed by atoms with Gasteiger partial charge in [-0.05, 0) is 43.7 Å². The molecule has 0 unspecified atom stereocenters. The van der Waals surface area contributed by atoms with Crippen LogP contribution in [-0.2, 0) is 16.8 Å². The van der Waals surface area contributed by atoms with E-state index in [1.807, 2.05) is 32.0 Å². The van der Waals surface area contributed by atoms with Gasteiger partial charge in [0.2, 0.25) is 0 Å². The molecule has 8 nitrogen and oxygen atoms in total. The van der Waals surface area contributed by atoms with Crippen LogP contribution in [0.2, 0.25) is 0 Å². The highest BCUT2D eigenvalue weighted by Crippen LogP contribution is 2.24. The molecule has 28 heavy (non-hydrogen) atoms. The van der Waals surface area contributed by atoms with E-state index in [4.69, 9.17) is 5.11 Å². The van der Waals surface area contributed by atoms with Crippen molar-refractivity contribution in [3.05, 3.63) is 59.4 Å². The summed E-state index contributed by atoms with van der Waals surface area (Å²) in [5.74, 6) is -1.07. The van der Waals surface area contributed by atoms with Crippen LogP contribution in [0, 0.1) is 6.92 Å². The van der Waals surface area contributed by atoms with Crippen LogP contribution in [0.25, 0.3) is 0 Å². The molecule has 0 saturated carbocycles. The number of aryl methyl sites for hydroxylation is 1. The molecule has 0 amide bonds. The van der Waals surface area contributed by atoms with E-state index >= 15 is 0 Å². The number of carboxylic acid groups (broad SMARTS) is 1. The van der Waals surface area contributed by atoms with E-state index in [-0.39, 0.29) is 18.2 Å². The zero-order valence-corrected chi connectivity index (χ0v) is 16.7. The third kappa shape index (κ3) is 4.49. The number of piperazine rings is 1. The van der Waals surface area contributed by atoms with Crippen molar-refractivity contribution in [3.63, 3.8) is 0 Å². The van der Waals surface area contributed by atoms with Crippen LogP contribution in [0.4, 0.5) is 5.69 Å². The van der Waals surface area contributed by atoms with Gasteiger partial charge in [0, 0.05) is 31.9 Å². The van der Waals surface area contributed by atoms with E-state index in [0.717, 1.165) is 5.56 Å². The van der Waals surface area contributed by atoms with Gasteiger partial charge >= 0.3 is 16.2 Å². The summed E-state index contributed by atoms with van der Waals surface area (Å²) in [6, 6.07) is 10.3. The van der Waals surface area contributed by atoms with Crippen molar-refractivity contribution >= 4 is 21.9 Å². The van der Waals surface area contributed by atoms with Crippen molar-refractivity contribution in [3.8, 4) is 0 Å². The number of rotatable bonds is 6. The Morgan fingerprint density at radius 1 is 1.36 bits per heavy atom. The second-order valence-electron chi connectivity index (χ2n) is 6.91. The molecule has 1 aliphatic heterocycles. The van der Waals surface area contributed by atoms with Gasteiger partial charge in [0.25, 0.3) is 0 Å². The fourth-order valence-electron chi connectivity index (χ4n) is 3.13. The maximum atomic E-state index is 13.4. The van der Waals surface area contributed by atoms with Crippen LogP contribution in [-0.4, -0.2) is 54.5 Å². The Bertz CT molecular complexity index is 947. The first kappa shape index (κ1) is 20.2. The number of carboxylic acids is 1. The highest BCUT2D eigenvalue weighted by molar-refractivity contribution is 7.90. The quantitative estimate of drug-likeness (QED) is 0.759. The molecule has 150 valence electrons. The lowest BCUT2D eigenvalue weighted by Crippen LogP contribution is -2.55. The van der Waals surface area contributed by atoms with Crippen LogP contribution in [0.15, 0.2) is 42.6 Å². The van der Waals surface area contributed by atoms with Crippen molar-refractivity contribution in [2.45, 2.75) is 26.4 Å². The lowest BCUT2D eigenvalue weighted by molar-refractivity contribution is 0.0696. The molecule has 1 fully saturated rings. The normalized spacial score (nSPS) is 18.0. The molecule has 9 heteroatoms. The molecule has 0 radical (unpaired) electrons. The lowest BCUT2D eigenvalue weighted by atomic mass is 10.2. The zero-order chi connectivity index (χ0) is 20.3. The van der Waals surface area contributed by atoms with E-state index in [1.54, 1.807) is 12.1 Å². The Hall–Kier alpha value is -2.49. The molecule has 1 aromatic carbocycles. The zero-order valence-electron chi connectivity index (χ0n) is 15.9. The highest BCUT2D eigenvalue weighted by Gasteiger charge is 2.33. The minimum atomic E-state index is -3.78. The maximum Gasteiger partial charge on any atom is 0.337 e. The summed E-state index contributed by atoms with van der Waals surface area (Å²) < 4.78 is 29.7. The number of hydrogen-bond acceptors (Lipinski definition) is 5. The SMILES string of the molecule is Cc1cccc(N(Cc2ccc(C(=O)O)cn2)S(=O)(=O)N2CCN[C@H](C)C2)c1. The minimum absolute atomic E-state index is 0.0179. The Labute approximate surface area is 165 Å². The summed E-state index contributed by atoms with van der Waals surface area (Å²) >= 11 is 0. The molecular weight excluding hydrogens is 380 g/mol. The average Bonchev–Trinajstić information content (AvgIpc) is 2.66. The largest absolute Gasteiger partial charge is 0.478 e. The number of nitrogens with one attached hydrogen (secondary N) is 1. The monoisotopic (exact) mass is 404 g/mol. The Balaban J connectivity index is 1.96. The summed E-state index contributed by atoms with van der Waals surface area (Å²) in [6.07, 6.45) is 1.24. The average molecular weight is 404 g/mol. The van der Waals surface area contributed by atoms with Crippen molar-refractivity contribution in [2.24, 2.45) is 0 Å². The molecule has 1 atom stereocenters. The number of benzene rings is 1. The number of hydrogen-bond donors (Lipinski definition) is 2. The molecule has 2 N–H and O–H groups in total. The van der Waals surface area contributed by atoms with E-state index < -0.39 is 16.2 Å². The van der Waals surface area contributed by atoms with Crippen molar-refractivity contribution in [1.29, 1.82) is 0 Å². The van der Waals surface area contributed by atoms with Crippen LogP contribution in [0.1, 0.15) is 28.5 Å². The molecule has 3 rings (SSSR count). The molecule has 0 aliphatic carbocycles. The molecule has 0 spiro atoms. The fraction of sp³-hybridized carbons (Fsp3) is 0.368. The van der Waals surface area contributed by atoms with Gasteiger partial charge in [0.1, 0.15) is 0 Å². The summed E-state index contributed by atoms with van der Waals surface area (Å²) in [7, 11) is -3.78. The van der Waals surface area contributed by atoms with E-state index in [1.165, 1.54) is 20.9 Å².